The van der Waals surface area contributed by atoms with Gasteiger partial charge in [-0.25, -0.2) is 0 Å². The monoisotopic (exact) mass is 406 g/mol. The largest absolute Gasteiger partial charge is 0.369 e. The minimum atomic E-state index is -0.00850. The predicted molar refractivity (Wildman–Crippen MR) is 120 cm³/mol. The average molecular weight is 407 g/mol. The van der Waals surface area contributed by atoms with Gasteiger partial charge >= 0.3 is 0 Å². The van der Waals surface area contributed by atoms with Crippen LogP contribution < -0.4 is 10.2 Å². The van der Waals surface area contributed by atoms with Crippen LogP contribution in [-0.2, 0) is 11.2 Å². The summed E-state index contributed by atoms with van der Waals surface area (Å²) < 4.78 is 5.29. The molecule has 3 aromatic rings. The quantitative estimate of drug-likeness (QED) is 0.652. The zero-order valence-electron chi connectivity index (χ0n) is 17.8. The summed E-state index contributed by atoms with van der Waals surface area (Å²) in [4.78, 5) is 17.4. The molecule has 0 aliphatic carbocycles. The topological polar surface area (TPSA) is 61.6 Å². The van der Waals surface area contributed by atoms with Crippen LogP contribution in [0.4, 0.5) is 5.69 Å². The number of anilines is 1. The molecule has 1 N–H and O–H groups in total. The summed E-state index contributed by atoms with van der Waals surface area (Å²) in [6, 6.07) is 16.5. The summed E-state index contributed by atoms with van der Waals surface area (Å²) in [6.45, 7) is 9.41. The number of aryl methyl sites for hydroxylation is 1. The molecule has 1 atom stereocenters. The van der Waals surface area contributed by atoms with Crippen molar-refractivity contribution in [2.45, 2.75) is 32.7 Å². The second kappa shape index (κ2) is 9.30. The summed E-state index contributed by atoms with van der Waals surface area (Å²) in [6.07, 6.45) is 1.19. The van der Waals surface area contributed by atoms with Crippen LogP contribution in [0.3, 0.4) is 0 Å². The van der Waals surface area contributed by atoms with E-state index < -0.39 is 0 Å². The number of rotatable bonds is 7. The smallest absolute Gasteiger partial charge is 0.226 e. The van der Waals surface area contributed by atoms with Gasteiger partial charge in [0, 0.05) is 49.8 Å². The molecule has 6 nitrogen and oxygen atoms in total. The van der Waals surface area contributed by atoms with E-state index in [1.54, 1.807) is 0 Å². The molecule has 30 heavy (non-hydrogen) atoms. The molecule has 6 heteroatoms. The first kappa shape index (κ1) is 20.4. The molecule has 1 fully saturated rings. The number of carbonyl (C=O) groups excluding carboxylic acids is 1. The van der Waals surface area contributed by atoms with Gasteiger partial charge in [0.05, 0.1) is 6.42 Å². The van der Waals surface area contributed by atoms with E-state index in [2.05, 4.69) is 58.4 Å². The molecule has 0 bridgehead atoms. The molecule has 1 amide bonds. The van der Waals surface area contributed by atoms with Crippen molar-refractivity contribution in [1.82, 2.24) is 15.4 Å². The first-order valence-electron chi connectivity index (χ1n) is 10.7. The van der Waals surface area contributed by atoms with Crippen molar-refractivity contribution in [3.63, 3.8) is 0 Å². The van der Waals surface area contributed by atoms with Crippen LogP contribution >= 0.6 is 0 Å². The van der Waals surface area contributed by atoms with Crippen molar-refractivity contribution in [1.29, 1.82) is 0 Å². The van der Waals surface area contributed by atoms with Gasteiger partial charge in [0.1, 0.15) is 5.69 Å². The van der Waals surface area contributed by atoms with Gasteiger partial charge in [0.15, 0.2) is 5.58 Å². The van der Waals surface area contributed by atoms with Crippen molar-refractivity contribution in [2.24, 2.45) is 0 Å². The summed E-state index contributed by atoms with van der Waals surface area (Å²) in [7, 11) is 0. The molecule has 158 valence electrons. The maximum atomic E-state index is 12.4. The number of aromatic nitrogens is 1. The van der Waals surface area contributed by atoms with Crippen LogP contribution in [0.2, 0.25) is 0 Å². The predicted octanol–water partition coefficient (Wildman–Crippen LogP) is 3.40. The Morgan fingerprint density at radius 2 is 1.93 bits per heavy atom. The summed E-state index contributed by atoms with van der Waals surface area (Å²) in [5, 5.41) is 8.07. The van der Waals surface area contributed by atoms with Gasteiger partial charge in [-0.3, -0.25) is 9.69 Å². The third-order valence-corrected chi connectivity index (χ3v) is 5.80. The molecule has 2 aromatic carbocycles. The van der Waals surface area contributed by atoms with Gasteiger partial charge in [0.2, 0.25) is 5.91 Å². The standard InChI is InChI=1S/C24H30N4O2/c1-18-6-5-7-20(16-18)28-14-12-27(13-15-28)11-10-19(2)25-24(29)17-22-21-8-3-4-9-23(21)30-26-22/h3-9,16,19H,10-15,17H2,1-2H3,(H,25,29). The highest BCUT2D eigenvalue weighted by molar-refractivity contribution is 5.86. The van der Waals surface area contributed by atoms with Crippen molar-refractivity contribution in [3.05, 3.63) is 59.8 Å². The number of fused-ring (bicyclic) bond motifs is 1. The Kier molecular flexibility index (Phi) is 6.33. The maximum absolute atomic E-state index is 12.4. The zero-order chi connectivity index (χ0) is 20.9. The Hall–Kier alpha value is -2.86. The second-order valence-electron chi connectivity index (χ2n) is 8.23. The molecule has 1 unspecified atom stereocenters. The van der Waals surface area contributed by atoms with Gasteiger partial charge in [0.25, 0.3) is 0 Å². The maximum Gasteiger partial charge on any atom is 0.226 e. The van der Waals surface area contributed by atoms with E-state index in [-0.39, 0.29) is 18.4 Å². The van der Waals surface area contributed by atoms with Gasteiger partial charge in [-0.1, -0.05) is 29.4 Å². The van der Waals surface area contributed by atoms with Gasteiger partial charge in [-0.05, 0) is 50.1 Å². The Balaban J connectivity index is 1.20. The molecular weight excluding hydrogens is 376 g/mol. The fourth-order valence-electron chi connectivity index (χ4n) is 4.05. The Morgan fingerprint density at radius 1 is 1.13 bits per heavy atom. The van der Waals surface area contributed by atoms with Crippen molar-refractivity contribution in [3.8, 4) is 0 Å². The number of piperazine rings is 1. The van der Waals surface area contributed by atoms with Crippen LogP contribution in [0, 0.1) is 6.92 Å². The first-order valence-corrected chi connectivity index (χ1v) is 10.7. The number of carbonyl (C=O) groups is 1. The number of hydrogen-bond acceptors (Lipinski definition) is 5. The van der Waals surface area contributed by atoms with E-state index in [0.29, 0.717) is 5.69 Å². The van der Waals surface area contributed by atoms with Crippen LogP contribution in [0.15, 0.2) is 53.1 Å². The SMILES string of the molecule is Cc1cccc(N2CCN(CCC(C)NC(=O)Cc3noc4ccccc34)CC2)c1. The van der Waals surface area contributed by atoms with E-state index in [1.165, 1.54) is 11.3 Å². The van der Waals surface area contributed by atoms with E-state index in [9.17, 15) is 4.79 Å². The molecule has 0 saturated carbocycles. The molecule has 1 aliphatic heterocycles. The second-order valence-corrected chi connectivity index (χ2v) is 8.23. The summed E-state index contributed by atoms with van der Waals surface area (Å²) >= 11 is 0. The molecule has 1 aromatic heterocycles. The fourth-order valence-corrected chi connectivity index (χ4v) is 4.05. The molecule has 2 heterocycles. The zero-order valence-corrected chi connectivity index (χ0v) is 17.8. The number of nitrogens with one attached hydrogen (secondary N) is 1. The highest BCUT2D eigenvalue weighted by Crippen LogP contribution is 2.19. The van der Waals surface area contributed by atoms with Gasteiger partial charge in [-0.2, -0.15) is 0 Å². The normalized spacial score (nSPS) is 16.0. The highest BCUT2D eigenvalue weighted by atomic mass is 16.5. The summed E-state index contributed by atoms with van der Waals surface area (Å²) in [5.41, 5.74) is 4.04. The van der Waals surface area contributed by atoms with Gasteiger partial charge in [-0.15, -0.1) is 0 Å². The van der Waals surface area contributed by atoms with Crippen molar-refractivity contribution >= 4 is 22.6 Å². The first-order chi connectivity index (χ1) is 14.6. The Labute approximate surface area is 177 Å². The van der Waals surface area contributed by atoms with Crippen molar-refractivity contribution in [2.75, 3.05) is 37.6 Å². The number of amides is 1. The lowest BCUT2D eigenvalue weighted by molar-refractivity contribution is -0.121. The molecule has 4 rings (SSSR count). The lowest BCUT2D eigenvalue weighted by Gasteiger charge is -2.36. The van der Waals surface area contributed by atoms with E-state index in [1.807, 2.05) is 24.3 Å². The molecule has 1 saturated heterocycles. The third-order valence-electron chi connectivity index (χ3n) is 5.80. The number of benzene rings is 2. The lowest BCUT2D eigenvalue weighted by atomic mass is 10.1. The molecular formula is C24H30N4O2. The average Bonchev–Trinajstić information content (AvgIpc) is 3.15. The van der Waals surface area contributed by atoms with E-state index >= 15 is 0 Å². The molecule has 0 spiro atoms. The highest BCUT2D eigenvalue weighted by Gasteiger charge is 2.19. The molecule has 0 radical (unpaired) electrons. The number of para-hydroxylation sites is 1. The third kappa shape index (κ3) is 5.00. The van der Waals surface area contributed by atoms with Crippen LogP contribution in [0.1, 0.15) is 24.6 Å². The number of nitrogens with zero attached hydrogens (tertiary/aromatic N) is 3. The minimum Gasteiger partial charge on any atom is -0.369 e. The summed E-state index contributed by atoms with van der Waals surface area (Å²) in [5.74, 6) is -0.00850. The van der Waals surface area contributed by atoms with Gasteiger partial charge < -0.3 is 14.7 Å². The lowest BCUT2D eigenvalue weighted by Crippen LogP contribution is -2.47. The van der Waals surface area contributed by atoms with Crippen LogP contribution in [-0.4, -0.2) is 54.7 Å². The minimum absolute atomic E-state index is 0.00850. The van der Waals surface area contributed by atoms with Crippen molar-refractivity contribution < 1.29 is 9.32 Å². The van der Waals surface area contributed by atoms with E-state index in [4.69, 9.17) is 4.52 Å². The van der Waals surface area contributed by atoms with Crippen LogP contribution in [0.25, 0.3) is 11.0 Å². The Morgan fingerprint density at radius 3 is 2.73 bits per heavy atom. The Bertz CT molecular complexity index is 992. The number of hydrogen-bond donors (Lipinski definition) is 1. The van der Waals surface area contributed by atoms with E-state index in [0.717, 1.165) is 50.1 Å². The molecule has 1 aliphatic rings. The fraction of sp³-hybridized carbons (Fsp3) is 0.417. The van der Waals surface area contributed by atoms with Crippen LogP contribution in [0.5, 0.6) is 0 Å².